The molecule has 0 radical (unpaired) electrons. The quantitative estimate of drug-likeness (QED) is 0.0531. The standard InChI is InChI=1S/C39H70O2/c1-7-8-9-10-11-12-13-14-15-16-17-18-19-20-21-22-32-39(40)41-34-33-38(6)31-25-30-37(5)29-24-28-36(4)27-23-26-35(2)3/h26,28,30,33H,7-25,27,29,31-32,34H2,1-6H3/b36-28+,37-30+,38-33+. The van der Waals surface area contributed by atoms with Crippen molar-refractivity contribution in [3.63, 3.8) is 0 Å². The smallest absolute Gasteiger partial charge is 0.306 e. The van der Waals surface area contributed by atoms with Gasteiger partial charge in [-0.05, 0) is 85.6 Å². The molecule has 0 aliphatic rings. The number of carbonyl (C=O) groups excluding carboxylic acids is 1. The minimum absolute atomic E-state index is 0.0423. The summed E-state index contributed by atoms with van der Waals surface area (Å²) < 4.78 is 5.44. The average molecular weight is 571 g/mol. The molecule has 0 aliphatic carbocycles. The topological polar surface area (TPSA) is 26.3 Å². The van der Waals surface area contributed by atoms with Crippen LogP contribution < -0.4 is 0 Å². The lowest BCUT2D eigenvalue weighted by Gasteiger charge is -2.05. The first-order chi connectivity index (χ1) is 19.8. The van der Waals surface area contributed by atoms with Crippen molar-refractivity contribution in [3.05, 3.63) is 46.6 Å². The molecule has 0 amide bonds. The number of allylic oxidation sites excluding steroid dienone is 7. The summed E-state index contributed by atoms with van der Waals surface area (Å²) >= 11 is 0. The summed E-state index contributed by atoms with van der Waals surface area (Å²) in [4.78, 5) is 12.0. The van der Waals surface area contributed by atoms with Crippen molar-refractivity contribution < 1.29 is 9.53 Å². The summed E-state index contributed by atoms with van der Waals surface area (Å²) in [6.45, 7) is 13.7. The number of ether oxygens (including phenoxy) is 1. The van der Waals surface area contributed by atoms with Crippen LogP contribution in [0.5, 0.6) is 0 Å². The van der Waals surface area contributed by atoms with Crippen molar-refractivity contribution in [3.8, 4) is 0 Å². The fourth-order valence-corrected chi connectivity index (χ4v) is 5.15. The van der Waals surface area contributed by atoms with Crippen molar-refractivity contribution in [1.82, 2.24) is 0 Å². The predicted octanol–water partition coefficient (Wildman–Crippen LogP) is 13.3. The van der Waals surface area contributed by atoms with E-state index in [4.69, 9.17) is 4.74 Å². The van der Waals surface area contributed by atoms with Gasteiger partial charge in [-0.15, -0.1) is 0 Å². The van der Waals surface area contributed by atoms with Crippen molar-refractivity contribution in [2.24, 2.45) is 0 Å². The summed E-state index contributed by atoms with van der Waals surface area (Å²) in [5.41, 5.74) is 5.68. The summed E-state index contributed by atoms with van der Waals surface area (Å²) in [5.74, 6) is -0.0423. The van der Waals surface area contributed by atoms with E-state index >= 15 is 0 Å². The lowest BCUT2D eigenvalue weighted by Crippen LogP contribution is -2.04. The average Bonchev–Trinajstić information content (AvgIpc) is 2.92. The molecule has 0 fully saturated rings. The molecule has 0 aromatic heterocycles. The van der Waals surface area contributed by atoms with Crippen molar-refractivity contribution in [1.29, 1.82) is 0 Å². The third-order valence-electron chi connectivity index (χ3n) is 8.06. The lowest BCUT2D eigenvalue weighted by molar-refractivity contribution is -0.142. The Bertz CT molecular complexity index is 733. The molecule has 0 N–H and O–H groups in total. The monoisotopic (exact) mass is 571 g/mol. The van der Waals surface area contributed by atoms with Gasteiger partial charge in [-0.25, -0.2) is 0 Å². The molecule has 0 unspecified atom stereocenters. The van der Waals surface area contributed by atoms with E-state index in [1.54, 1.807) is 0 Å². The van der Waals surface area contributed by atoms with Crippen LogP contribution in [0.3, 0.4) is 0 Å². The van der Waals surface area contributed by atoms with E-state index in [2.05, 4.69) is 65.8 Å². The van der Waals surface area contributed by atoms with Crippen LogP contribution >= 0.6 is 0 Å². The molecule has 2 heteroatoms. The highest BCUT2D eigenvalue weighted by atomic mass is 16.5. The van der Waals surface area contributed by atoms with Gasteiger partial charge in [0.05, 0.1) is 0 Å². The van der Waals surface area contributed by atoms with Gasteiger partial charge in [0.2, 0.25) is 0 Å². The van der Waals surface area contributed by atoms with Gasteiger partial charge in [-0.1, -0.05) is 144 Å². The van der Waals surface area contributed by atoms with Crippen LogP contribution in [-0.2, 0) is 9.53 Å². The third kappa shape index (κ3) is 31.2. The second kappa shape index (κ2) is 29.9. The first kappa shape index (κ1) is 39.4. The van der Waals surface area contributed by atoms with Gasteiger partial charge in [-0.2, -0.15) is 0 Å². The Kier molecular flexibility index (Phi) is 28.8. The number of carbonyl (C=O) groups is 1. The largest absolute Gasteiger partial charge is 0.461 e. The van der Waals surface area contributed by atoms with Gasteiger partial charge in [0.1, 0.15) is 6.61 Å². The maximum Gasteiger partial charge on any atom is 0.306 e. The van der Waals surface area contributed by atoms with Crippen LogP contribution in [0.1, 0.15) is 189 Å². The van der Waals surface area contributed by atoms with E-state index in [1.807, 2.05) is 0 Å². The van der Waals surface area contributed by atoms with Crippen molar-refractivity contribution in [2.75, 3.05) is 6.61 Å². The van der Waals surface area contributed by atoms with Gasteiger partial charge in [-0.3, -0.25) is 4.79 Å². The number of unbranched alkanes of at least 4 members (excludes halogenated alkanes) is 15. The summed E-state index contributed by atoms with van der Waals surface area (Å²) in [7, 11) is 0. The number of esters is 1. The Morgan fingerprint density at radius 2 is 0.829 bits per heavy atom. The molecule has 0 spiro atoms. The Morgan fingerprint density at radius 3 is 1.24 bits per heavy atom. The number of hydrogen-bond donors (Lipinski definition) is 0. The molecule has 0 saturated heterocycles. The highest BCUT2D eigenvalue weighted by Gasteiger charge is 2.02. The van der Waals surface area contributed by atoms with Gasteiger partial charge in [0.25, 0.3) is 0 Å². The molecule has 0 aromatic carbocycles. The summed E-state index contributed by atoms with van der Waals surface area (Å²) in [6, 6.07) is 0. The Balaban J connectivity index is 3.64. The Morgan fingerprint density at radius 1 is 0.463 bits per heavy atom. The maximum absolute atomic E-state index is 12.0. The van der Waals surface area contributed by atoms with E-state index in [9.17, 15) is 4.79 Å². The molecule has 0 rings (SSSR count). The lowest BCUT2D eigenvalue weighted by atomic mass is 10.0. The minimum Gasteiger partial charge on any atom is -0.461 e. The molecule has 41 heavy (non-hydrogen) atoms. The third-order valence-corrected chi connectivity index (χ3v) is 8.06. The van der Waals surface area contributed by atoms with E-state index in [-0.39, 0.29) is 5.97 Å². The molecule has 0 heterocycles. The Labute approximate surface area is 257 Å². The van der Waals surface area contributed by atoms with Crippen LogP contribution in [0.2, 0.25) is 0 Å². The zero-order valence-electron chi connectivity index (χ0n) is 28.6. The molecule has 238 valence electrons. The van der Waals surface area contributed by atoms with Crippen LogP contribution in [0, 0.1) is 0 Å². The first-order valence-corrected chi connectivity index (χ1v) is 17.6. The molecular weight excluding hydrogens is 500 g/mol. The molecule has 0 saturated carbocycles. The van der Waals surface area contributed by atoms with Crippen molar-refractivity contribution >= 4 is 5.97 Å². The zero-order chi connectivity index (χ0) is 30.4. The molecule has 2 nitrogen and oxygen atoms in total. The van der Waals surface area contributed by atoms with Gasteiger partial charge < -0.3 is 4.74 Å². The minimum atomic E-state index is -0.0423. The second-order valence-corrected chi connectivity index (χ2v) is 12.8. The number of hydrogen-bond acceptors (Lipinski definition) is 2. The summed E-state index contributed by atoms with van der Waals surface area (Å²) in [5, 5.41) is 0. The van der Waals surface area contributed by atoms with Gasteiger partial charge in [0.15, 0.2) is 0 Å². The highest BCUT2D eigenvalue weighted by molar-refractivity contribution is 5.69. The van der Waals surface area contributed by atoms with Crippen LogP contribution in [0.15, 0.2) is 46.6 Å². The van der Waals surface area contributed by atoms with E-state index < -0.39 is 0 Å². The molecular formula is C39H70O2. The normalized spacial score (nSPS) is 12.6. The molecule has 0 aliphatic heterocycles. The predicted molar refractivity (Wildman–Crippen MR) is 184 cm³/mol. The van der Waals surface area contributed by atoms with E-state index in [0.717, 1.165) is 44.9 Å². The van der Waals surface area contributed by atoms with Crippen LogP contribution in [0.25, 0.3) is 0 Å². The number of rotatable bonds is 28. The SMILES string of the molecule is CCCCCCCCCCCCCCCCCCC(=O)OC/C=C(\C)CC/C=C(\C)CC/C=C(\C)CCC=C(C)C. The van der Waals surface area contributed by atoms with Crippen LogP contribution in [-0.4, -0.2) is 12.6 Å². The van der Waals surface area contributed by atoms with Crippen molar-refractivity contribution in [2.45, 2.75) is 189 Å². The van der Waals surface area contributed by atoms with Gasteiger partial charge in [0, 0.05) is 6.42 Å². The maximum atomic E-state index is 12.0. The van der Waals surface area contributed by atoms with Crippen LogP contribution in [0.4, 0.5) is 0 Å². The van der Waals surface area contributed by atoms with E-state index in [1.165, 1.54) is 119 Å². The molecule has 0 atom stereocenters. The van der Waals surface area contributed by atoms with Gasteiger partial charge >= 0.3 is 5.97 Å². The first-order valence-electron chi connectivity index (χ1n) is 17.6. The second-order valence-electron chi connectivity index (χ2n) is 12.8. The zero-order valence-corrected chi connectivity index (χ0v) is 28.6. The molecule has 0 aromatic rings. The fraction of sp³-hybridized carbons (Fsp3) is 0.769. The van der Waals surface area contributed by atoms with E-state index in [0.29, 0.717) is 13.0 Å². The Hall–Kier alpha value is -1.57. The molecule has 0 bridgehead atoms. The highest BCUT2D eigenvalue weighted by Crippen LogP contribution is 2.15. The fourth-order valence-electron chi connectivity index (χ4n) is 5.15. The summed E-state index contributed by atoms with van der Waals surface area (Å²) in [6.07, 6.45) is 38.0.